The number of rotatable bonds is 2. The van der Waals surface area contributed by atoms with E-state index in [2.05, 4.69) is 20.9 Å². The minimum atomic E-state index is -0.0788. The van der Waals surface area contributed by atoms with E-state index in [1.54, 1.807) is 7.11 Å². The molecule has 0 spiro atoms. The molecule has 2 rings (SSSR count). The van der Waals surface area contributed by atoms with Crippen molar-refractivity contribution in [1.29, 1.82) is 0 Å². The molecule has 2 aromatic heterocycles. The predicted molar refractivity (Wildman–Crippen MR) is 55.4 cm³/mol. The molecule has 0 saturated heterocycles. The van der Waals surface area contributed by atoms with Crippen molar-refractivity contribution in [2.75, 3.05) is 7.11 Å². The van der Waals surface area contributed by atoms with Gasteiger partial charge in [0.2, 0.25) is 0 Å². The predicted octanol–water partition coefficient (Wildman–Crippen LogP) is 1.60. The van der Waals surface area contributed by atoms with Crippen LogP contribution >= 0.6 is 15.9 Å². The first-order valence-corrected chi connectivity index (χ1v) is 4.87. The molecule has 2 heterocycles. The monoisotopic (exact) mass is 256 g/mol. The average molecular weight is 257 g/mol. The van der Waals surface area contributed by atoms with Gasteiger partial charge < -0.3 is 9.84 Å². The van der Waals surface area contributed by atoms with Gasteiger partial charge in [0, 0.05) is 12.3 Å². The summed E-state index contributed by atoms with van der Waals surface area (Å²) in [5.41, 5.74) is 1.37. The molecule has 0 atom stereocenters. The van der Waals surface area contributed by atoms with Crippen LogP contribution in [-0.4, -0.2) is 21.6 Å². The van der Waals surface area contributed by atoms with Gasteiger partial charge in [-0.1, -0.05) is 0 Å². The summed E-state index contributed by atoms with van der Waals surface area (Å²) in [5, 5.41) is 9.01. The van der Waals surface area contributed by atoms with E-state index in [-0.39, 0.29) is 6.61 Å². The molecule has 0 aliphatic carbocycles. The lowest BCUT2D eigenvalue weighted by atomic mass is 10.4. The number of hydrogen-bond donors (Lipinski definition) is 1. The number of hydrogen-bond acceptors (Lipinski definition) is 3. The van der Waals surface area contributed by atoms with Gasteiger partial charge in [-0.15, -0.1) is 0 Å². The maximum atomic E-state index is 9.01. The first-order chi connectivity index (χ1) is 6.76. The number of pyridine rings is 1. The van der Waals surface area contributed by atoms with Crippen LogP contribution in [0.25, 0.3) is 5.65 Å². The van der Waals surface area contributed by atoms with Gasteiger partial charge in [-0.2, -0.15) is 0 Å². The maximum absolute atomic E-state index is 9.01. The quantitative estimate of drug-likeness (QED) is 0.888. The normalized spacial score (nSPS) is 10.8. The third kappa shape index (κ3) is 1.38. The maximum Gasteiger partial charge on any atom is 0.141 e. The first-order valence-electron chi connectivity index (χ1n) is 4.07. The molecule has 74 valence electrons. The van der Waals surface area contributed by atoms with Crippen molar-refractivity contribution in [1.82, 2.24) is 9.38 Å². The van der Waals surface area contributed by atoms with Crippen LogP contribution in [0.15, 0.2) is 22.9 Å². The lowest BCUT2D eigenvalue weighted by Gasteiger charge is -1.99. The van der Waals surface area contributed by atoms with Crippen LogP contribution in [-0.2, 0) is 6.61 Å². The smallest absolute Gasteiger partial charge is 0.141 e. The lowest BCUT2D eigenvalue weighted by Crippen LogP contribution is -1.87. The molecule has 1 N–H and O–H groups in total. The summed E-state index contributed by atoms with van der Waals surface area (Å²) in [5.74, 6) is 0.750. The largest absolute Gasteiger partial charge is 0.497 e. The molecule has 0 bridgehead atoms. The highest BCUT2D eigenvalue weighted by atomic mass is 79.9. The van der Waals surface area contributed by atoms with E-state index < -0.39 is 0 Å². The zero-order valence-electron chi connectivity index (χ0n) is 7.57. The van der Waals surface area contributed by atoms with E-state index in [9.17, 15) is 0 Å². The summed E-state index contributed by atoms with van der Waals surface area (Å²) in [7, 11) is 1.61. The van der Waals surface area contributed by atoms with Gasteiger partial charge in [0.15, 0.2) is 0 Å². The summed E-state index contributed by atoms with van der Waals surface area (Å²) < 4.78 is 7.69. The Hall–Kier alpha value is -1.07. The fraction of sp³-hybridized carbons (Fsp3) is 0.222. The van der Waals surface area contributed by atoms with Crippen molar-refractivity contribution in [3.63, 3.8) is 0 Å². The first kappa shape index (κ1) is 9.48. The van der Waals surface area contributed by atoms with Crippen molar-refractivity contribution < 1.29 is 9.84 Å². The summed E-state index contributed by atoms with van der Waals surface area (Å²) in [6.07, 6.45) is 1.84. The molecule has 2 aromatic rings. The van der Waals surface area contributed by atoms with E-state index in [1.807, 2.05) is 22.7 Å². The van der Waals surface area contributed by atoms with Crippen LogP contribution < -0.4 is 4.74 Å². The van der Waals surface area contributed by atoms with Gasteiger partial charge in [-0.3, -0.25) is 4.40 Å². The second-order valence-electron chi connectivity index (χ2n) is 2.80. The Bertz CT molecular complexity index is 467. The molecular weight excluding hydrogens is 248 g/mol. The second kappa shape index (κ2) is 3.59. The number of aromatic nitrogens is 2. The SMILES string of the molecule is COc1ccn2c(Br)c(CO)nc2c1. The van der Waals surface area contributed by atoms with Crippen LogP contribution in [0.2, 0.25) is 0 Å². The molecule has 5 heteroatoms. The molecule has 4 nitrogen and oxygen atoms in total. The molecule has 0 unspecified atom stereocenters. The van der Waals surface area contributed by atoms with Crippen LogP contribution in [0, 0.1) is 0 Å². The molecule has 0 saturated carbocycles. The zero-order valence-corrected chi connectivity index (χ0v) is 9.15. The standard InChI is InChI=1S/C9H9BrN2O2/c1-14-6-2-3-12-8(4-6)11-7(5-13)9(12)10/h2-4,13H,5H2,1H3. The fourth-order valence-corrected chi connectivity index (χ4v) is 1.79. The van der Waals surface area contributed by atoms with Crippen molar-refractivity contribution in [3.05, 3.63) is 28.6 Å². The number of halogens is 1. The Morgan fingerprint density at radius 3 is 3.07 bits per heavy atom. The molecule has 0 aromatic carbocycles. The molecule has 0 aliphatic heterocycles. The van der Waals surface area contributed by atoms with Crippen LogP contribution in [0.5, 0.6) is 5.75 Å². The van der Waals surface area contributed by atoms with Gasteiger partial charge in [0.1, 0.15) is 16.0 Å². The summed E-state index contributed by atoms with van der Waals surface area (Å²) in [6.45, 7) is -0.0788. The van der Waals surface area contributed by atoms with Gasteiger partial charge in [0.05, 0.1) is 19.4 Å². The molecule has 14 heavy (non-hydrogen) atoms. The van der Waals surface area contributed by atoms with E-state index in [4.69, 9.17) is 9.84 Å². The fourth-order valence-electron chi connectivity index (χ4n) is 1.27. The molecule has 0 amide bonds. The Labute approximate surface area is 89.3 Å². The summed E-state index contributed by atoms with van der Waals surface area (Å²) in [6, 6.07) is 3.64. The molecule has 0 aliphatic rings. The number of ether oxygens (including phenoxy) is 1. The van der Waals surface area contributed by atoms with Crippen molar-refractivity contribution in [2.24, 2.45) is 0 Å². The second-order valence-corrected chi connectivity index (χ2v) is 3.55. The number of aliphatic hydroxyl groups excluding tert-OH is 1. The number of imidazole rings is 1. The Kier molecular flexibility index (Phi) is 2.43. The number of methoxy groups -OCH3 is 1. The number of aliphatic hydroxyl groups is 1. The minimum absolute atomic E-state index is 0.0788. The van der Waals surface area contributed by atoms with Crippen molar-refractivity contribution in [2.45, 2.75) is 6.61 Å². The Balaban J connectivity index is 2.66. The zero-order chi connectivity index (χ0) is 10.1. The van der Waals surface area contributed by atoms with Crippen LogP contribution in [0.4, 0.5) is 0 Å². The van der Waals surface area contributed by atoms with Crippen LogP contribution in [0.1, 0.15) is 5.69 Å². The van der Waals surface area contributed by atoms with Crippen molar-refractivity contribution >= 4 is 21.6 Å². The highest BCUT2D eigenvalue weighted by molar-refractivity contribution is 9.10. The Morgan fingerprint density at radius 1 is 1.64 bits per heavy atom. The van der Waals surface area contributed by atoms with Gasteiger partial charge in [-0.25, -0.2) is 4.98 Å². The Morgan fingerprint density at radius 2 is 2.43 bits per heavy atom. The number of nitrogens with zero attached hydrogens (tertiary/aromatic N) is 2. The third-order valence-corrected chi connectivity index (χ3v) is 2.83. The summed E-state index contributed by atoms with van der Waals surface area (Å²) >= 11 is 3.36. The highest BCUT2D eigenvalue weighted by Gasteiger charge is 2.08. The van der Waals surface area contributed by atoms with Gasteiger partial charge >= 0.3 is 0 Å². The van der Waals surface area contributed by atoms with E-state index >= 15 is 0 Å². The minimum Gasteiger partial charge on any atom is -0.497 e. The van der Waals surface area contributed by atoms with E-state index in [1.165, 1.54) is 0 Å². The molecule has 0 radical (unpaired) electrons. The lowest BCUT2D eigenvalue weighted by molar-refractivity contribution is 0.276. The van der Waals surface area contributed by atoms with Crippen molar-refractivity contribution in [3.8, 4) is 5.75 Å². The molecular formula is C9H9BrN2O2. The van der Waals surface area contributed by atoms with E-state index in [0.717, 1.165) is 16.0 Å². The van der Waals surface area contributed by atoms with Crippen LogP contribution in [0.3, 0.4) is 0 Å². The van der Waals surface area contributed by atoms with E-state index in [0.29, 0.717) is 5.69 Å². The topological polar surface area (TPSA) is 46.8 Å². The third-order valence-electron chi connectivity index (χ3n) is 1.99. The van der Waals surface area contributed by atoms with Gasteiger partial charge in [0.25, 0.3) is 0 Å². The van der Waals surface area contributed by atoms with Gasteiger partial charge in [-0.05, 0) is 22.0 Å². The molecule has 0 fully saturated rings. The summed E-state index contributed by atoms with van der Waals surface area (Å²) in [4.78, 5) is 4.23. The number of fused-ring (bicyclic) bond motifs is 1. The highest BCUT2D eigenvalue weighted by Crippen LogP contribution is 2.21. The average Bonchev–Trinajstić information content (AvgIpc) is 2.55.